The van der Waals surface area contributed by atoms with Crippen molar-refractivity contribution in [2.24, 2.45) is 0 Å². The summed E-state index contributed by atoms with van der Waals surface area (Å²) in [6.07, 6.45) is 0. The van der Waals surface area contributed by atoms with Crippen LogP contribution in [0.5, 0.6) is 0 Å². The summed E-state index contributed by atoms with van der Waals surface area (Å²) in [7, 11) is 0. The first-order chi connectivity index (χ1) is 7.43. The van der Waals surface area contributed by atoms with Crippen LogP contribution >= 0.6 is 0 Å². The maximum absolute atomic E-state index is 10.6. The fraction of sp³-hybridized carbons (Fsp3) is 0. The van der Waals surface area contributed by atoms with E-state index >= 15 is 0 Å². The van der Waals surface area contributed by atoms with Gasteiger partial charge in [-0.15, -0.1) is 0 Å². The Morgan fingerprint density at radius 2 is 1.25 bits per heavy atom. The van der Waals surface area contributed by atoms with Crippen LogP contribution in [0.4, 0.5) is 11.6 Å². The summed E-state index contributed by atoms with van der Waals surface area (Å²) in [5, 5.41) is 27.7. The monoisotopic (exact) mass is 228 g/mol. The van der Waals surface area contributed by atoms with Gasteiger partial charge in [-0.3, -0.25) is 0 Å². The summed E-state index contributed by atoms with van der Waals surface area (Å²) in [6, 6.07) is 0. The number of nitro groups is 2. The number of nitrogen functional groups attached to an aromatic ring is 2. The van der Waals surface area contributed by atoms with Crippen LogP contribution in [0.3, 0.4) is 0 Å². The molecule has 0 fully saturated rings. The number of aromatic nitrogens is 4. The van der Waals surface area contributed by atoms with Gasteiger partial charge in [0, 0.05) is 0 Å². The molecule has 0 saturated carbocycles. The molecule has 2 rings (SSSR count). The zero-order valence-electron chi connectivity index (χ0n) is 7.47. The SMILES string of the molecule is Nn1nc([N+](=O)[O-])c2c1c([N+](=O)[O-])nn2N. The van der Waals surface area contributed by atoms with Crippen LogP contribution in [0.15, 0.2) is 0 Å². The molecule has 0 saturated heterocycles. The molecule has 12 nitrogen and oxygen atoms in total. The van der Waals surface area contributed by atoms with Gasteiger partial charge in [-0.25, -0.2) is 0 Å². The lowest BCUT2D eigenvalue weighted by Crippen LogP contribution is -2.12. The van der Waals surface area contributed by atoms with E-state index in [0.29, 0.717) is 9.58 Å². The highest BCUT2D eigenvalue weighted by Crippen LogP contribution is 2.28. The maximum atomic E-state index is 10.6. The highest BCUT2D eigenvalue weighted by atomic mass is 16.6. The average Bonchev–Trinajstić information content (AvgIpc) is 2.67. The van der Waals surface area contributed by atoms with E-state index in [1.165, 1.54) is 0 Å². The minimum atomic E-state index is -0.861. The fourth-order valence-electron chi connectivity index (χ4n) is 1.28. The van der Waals surface area contributed by atoms with Gasteiger partial charge >= 0.3 is 11.6 Å². The Morgan fingerprint density at radius 3 is 1.50 bits per heavy atom. The zero-order valence-corrected chi connectivity index (χ0v) is 7.47. The van der Waals surface area contributed by atoms with Gasteiger partial charge in [0.1, 0.15) is 0 Å². The molecule has 0 amide bonds. The van der Waals surface area contributed by atoms with E-state index < -0.39 is 21.5 Å². The summed E-state index contributed by atoms with van der Waals surface area (Å²) in [5.74, 6) is 9.12. The van der Waals surface area contributed by atoms with E-state index in [4.69, 9.17) is 11.7 Å². The Bertz CT molecular complexity index is 555. The second kappa shape index (κ2) is 2.78. The number of fused-ring (bicyclic) bond motifs is 1. The number of nitrogens with two attached hydrogens (primary N) is 2. The van der Waals surface area contributed by atoms with Crippen molar-refractivity contribution in [1.82, 2.24) is 19.8 Å². The van der Waals surface area contributed by atoms with Gasteiger partial charge in [-0.05, 0) is 9.85 Å². The lowest BCUT2D eigenvalue weighted by atomic mass is 10.4. The molecule has 16 heavy (non-hydrogen) atoms. The third-order valence-electron chi connectivity index (χ3n) is 1.86. The van der Waals surface area contributed by atoms with Crippen molar-refractivity contribution in [2.45, 2.75) is 0 Å². The minimum Gasteiger partial charge on any atom is -0.358 e. The number of nitrogens with zero attached hydrogens (tertiary/aromatic N) is 6. The Kier molecular flexibility index (Phi) is 1.68. The standard InChI is InChI=1S/C4H4N8O4/c5-9-1-2(4(8-9)12(15)16)10(6)7-3(1)11(13)14/h5-6H2. The van der Waals surface area contributed by atoms with Crippen LogP contribution in [0.2, 0.25) is 0 Å². The van der Waals surface area contributed by atoms with Crippen LogP contribution in [-0.4, -0.2) is 29.6 Å². The molecule has 84 valence electrons. The van der Waals surface area contributed by atoms with Crippen LogP contribution < -0.4 is 11.7 Å². The number of hydrogen-bond acceptors (Lipinski definition) is 8. The molecule has 0 aliphatic rings. The van der Waals surface area contributed by atoms with Crippen molar-refractivity contribution in [1.29, 1.82) is 0 Å². The molecule has 0 aliphatic carbocycles. The van der Waals surface area contributed by atoms with E-state index in [0.717, 1.165) is 0 Å². The quantitative estimate of drug-likeness (QED) is 0.353. The van der Waals surface area contributed by atoms with Gasteiger partial charge in [-0.2, -0.15) is 0 Å². The predicted octanol–water partition coefficient (Wildman–Crippen LogP) is -1.52. The molecule has 4 N–H and O–H groups in total. The molecular formula is C4H4N8O4. The van der Waals surface area contributed by atoms with E-state index in [1.807, 2.05) is 0 Å². The molecule has 0 atom stereocenters. The van der Waals surface area contributed by atoms with Crippen LogP contribution in [-0.2, 0) is 0 Å². The van der Waals surface area contributed by atoms with E-state index in [2.05, 4.69) is 10.2 Å². The summed E-state index contributed by atoms with van der Waals surface area (Å²) < 4.78 is 0. The van der Waals surface area contributed by atoms with Gasteiger partial charge in [0.15, 0.2) is 0 Å². The molecule has 2 heterocycles. The topological polar surface area (TPSA) is 174 Å². The Labute approximate surface area is 85.3 Å². The zero-order chi connectivity index (χ0) is 12.0. The Morgan fingerprint density at radius 1 is 0.938 bits per heavy atom. The number of hydrogen-bond donors (Lipinski definition) is 2. The van der Waals surface area contributed by atoms with Crippen molar-refractivity contribution in [2.75, 3.05) is 11.7 Å². The first-order valence-electron chi connectivity index (χ1n) is 3.74. The van der Waals surface area contributed by atoms with Crippen molar-refractivity contribution >= 4 is 22.7 Å². The summed E-state index contributed by atoms with van der Waals surface area (Å²) >= 11 is 0. The fourth-order valence-corrected chi connectivity index (χ4v) is 1.28. The van der Waals surface area contributed by atoms with Gasteiger partial charge < -0.3 is 31.9 Å². The highest BCUT2D eigenvalue weighted by Gasteiger charge is 2.35. The first-order valence-corrected chi connectivity index (χ1v) is 3.74. The van der Waals surface area contributed by atoms with E-state index in [9.17, 15) is 20.2 Å². The van der Waals surface area contributed by atoms with Gasteiger partial charge in [-0.1, -0.05) is 9.58 Å². The lowest BCUT2D eigenvalue weighted by Gasteiger charge is -1.87. The molecule has 0 bridgehead atoms. The molecule has 0 unspecified atom stereocenters. The second-order valence-corrected chi connectivity index (χ2v) is 2.75. The van der Waals surface area contributed by atoms with Crippen molar-refractivity contribution < 1.29 is 9.85 Å². The average molecular weight is 228 g/mol. The predicted molar refractivity (Wildman–Crippen MR) is 49.1 cm³/mol. The molecule has 12 heteroatoms. The summed E-state index contributed by atoms with van der Waals surface area (Å²) in [6.45, 7) is 0. The van der Waals surface area contributed by atoms with Crippen LogP contribution in [0.25, 0.3) is 11.0 Å². The molecular weight excluding hydrogens is 224 g/mol. The Hall–Kier alpha value is -2.92. The molecule has 0 aliphatic heterocycles. The van der Waals surface area contributed by atoms with E-state index in [-0.39, 0.29) is 11.0 Å². The lowest BCUT2D eigenvalue weighted by molar-refractivity contribution is -0.388. The van der Waals surface area contributed by atoms with Gasteiger partial charge in [0.05, 0.1) is 10.2 Å². The minimum absolute atomic E-state index is 0.306. The molecule has 0 spiro atoms. The van der Waals surface area contributed by atoms with Gasteiger partial charge in [0.2, 0.25) is 11.0 Å². The molecule has 0 aromatic carbocycles. The van der Waals surface area contributed by atoms with Crippen LogP contribution in [0.1, 0.15) is 0 Å². The smallest absolute Gasteiger partial charge is 0.358 e. The highest BCUT2D eigenvalue weighted by molar-refractivity contribution is 5.90. The molecule has 2 aromatic heterocycles. The summed E-state index contributed by atoms with van der Waals surface area (Å²) in [5.41, 5.74) is -0.613. The third kappa shape index (κ3) is 1.03. The number of rotatable bonds is 2. The normalized spacial score (nSPS) is 10.8. The third-order valence-corrected chi connectivity index (χ3v) is 1.86. The van der Waals surface area contributed by atoms with Gasteiger partial charge in [0.25, 0.3) is 0 Å². The first kappa shape index (κ1) is 9.63. The largest absolute Gasteiger partial charge is 0.422 e. The molecule has 0 radical (unpaired) electrons. The summed E-state index contributed by atoms with van der Waals surface area (Å²) in [4.78, 5) is 20.4. The van der Waals surface area contributed by atoms with Crippen molar-refractivity contribution in [3.8, 4) is 0 Å². The van der Waals surface area contributed by atoms with E-state index in [1.54, 1.807) is 0 Å². The second-order valence-electron chi connectivity index (χ2n) is 2.75. The maximum Gasteiger partial charge on any atom is 0.422 e. The van der Waals surface area contributed by atoms with Crippen LogP contribution in [0, 0.1) is 20.2 Å². The van der Waals surface area contributed by atoms with Crippen molar-refractivity contribution in [3.05, 3.63) is 20.2 Å². The van der Waals surface area contributed by atoms with Crippen molar-refractivity contribution in [3.63, 3.8) is 0 Å². The Balaban J connectivity index is 2.92. The molecule has 2 aromatic rings.